The predicted octanol–water partition coefficient (Wildman–Crippen LogP) is 5.65. The van der Waals surface area contributed by atoms with Gasteiger partial charge in [-0.2, -0.15) is 0 Å². The number of rotatable bonds is 7. The molecule has 1 amide bonds. The van der Waals surface area contributed by atoms with Crippen molar-refractivity contribution in [3.8, 4) is 0 Å². The molecule has 0 radical (unpaired) electrons. The van der Waals surface area contributed by atoms with Crippen molar-refractivity contribution in [1.82, 2.24) is 0 Å². The van der Waals surface area contributed by atoms with Crippen LogP contribution in [0.2, 0.25) is 0 Å². The normalized spacial score (nSPS) is 10.7. The summed E-state index contributed by atoms with van der Waals surface area (Å²) < 4.78 is 4.98. The van der Waals surface area contributed by atoms with E-state index in [2.05, 4.69) is 37.4 Å². The van der Waals surface area contributed by atoms with Gasteiger partial charge in [0.25, 0.3) is 5.91 Å². The molecule has 0 heterocycles. The Hall–Kier alpha value is -3.31. The summed E-state index contributed by atoms with van der Waals surface area (Å²) in [7, 11) is 0. The van der Waals surface area contributed by atoms with E-state index in [0.29, 0.717) is 5.69 Å². The van der Waals surface area contributed by atoms with Gasteiger partial charge in [0.2, 0.25) is 0 Å². The van der Waals surface area contributed by atoms with Gasteiger partial charge in [-0.1, -0.05) is 54.2 Å². The van der Waals surface area contributed by atoms with Crippen LogP contribution in [0.4, 0.5) is 5.69 Å². The molecule has 0 saturated heterocycles. The molecule has 0 bridgehead atoms. The van der Waals surface area contributed by atoms with Crippen LogP contribution in [0, 0.1) is 13.8 Å². The number of anilines is 1. The highest BCUT2D eigenvalue weighted by Gasteiger charge is 2.07. The number of benzene rings is 3. The maximum atomic E-state index is 12.0. The summed E-state index contributed by atoms with van der Waals surface area (Å²) >= 11 is 1.68. The van der Waals surface area contributed by atoms with E-state index >= 15 is 0 Å². The van der Waals surface area contributed by atoms with E-state index in [-0.39, 0.29) is 12.5 Å². The van der Waals surface area contributed by atoms with Crippen LogP contribution < -0.4 is 5.32 Å². The summed E-state index contributed by atoms with van der Waals surface area (Å²) in [5.41, 5.74) is 3.99. The Morgan fingerprint density at radius 2 is 1.70 bits per heavy atom. The van der Waals surface area contributed by atoms with Gasteiger partial charge in [0.1, 0.15) is 0 Å². The molecule has 0 aliphatic heterocycles. The van der Waals surface area contributed by atoms with Crippen LogP contribution in [0.5, 0.6) is 0 Å². The monoisotopic (exact) mass is 417 g/mol. The number of esters is 1. The number of carbonyl (C=O) groups is 2. The molecule has 3 rings (SSSR count). The van der Waals surface area contributed by atoms with Crippen molar-refractivity contribution >= 4 is 35.4 Å². The van der Waals surface area contributed by atoms with Gasteiger partial charge in [-0.3, -0.25) is 4.79 Å². The highest BCUT2D eigenvalue weighted by Crippen LogP contribution is 2.31. The third-order valence-electron chi connectivity index (χ3n) is 4.27. The maximum absolute atomic E-state index is 12.0. The van der Waals surface area contributed by atoms with Gasteiger partial charge in [0.05, 0.1) is 0 Å². The van der Waals surface area contributed by atoms with Crippen LogP contribution in [-0.4, -0.2) is 18.5 Å². The number of amides is 1. The summed E-state index contributed by atoms with van der Waals surface area (Å²) in [5.74, 6) is -0.944. The molecule has 0 spiro atoms. The van der Waals surface area contributed by atoms with E-state index in [1.807, 2.05) is 54.6 Å². The lowest BCUT2D eigenvalue weighted by Crippen LogP contribution is -2.20. The van der Waals surface area contributed by atoms with Gasteiger partial charge < -0.3 is 10.1 Å². The smallest absolute Gasteiger partial charge is 0.331 e. The summed E-state index contributed by atoms with van der Waals surface area (Å²) in [6.07, 6.45) is 2.95. The number of hydrogen-bond acceptors (Lipinski definition) is 4. The van der Waals surface area contributed by atoms with Gasteiger partial charge in [-0.25, -0.2) is 4.79 Å². The first-order chi connectivity index (χ1) is 14.5. The Balaban J connectivity index is 1.48. The van der Waals surface area contributed by atoms with Crippen molar-refractivity contribution in [1.29, 1.82) is 0 Å². The highest BCUT2D eigenvalue weighted by atomic mass is 32.2. The van der Waals surface area contributed by atoms with Gasteiger partial charge >= 0.3 is 5.97 Å². The average Bonchev–Trinajstić information content (AvgIpc) is 2.75. The largest absolute Gasteiger partial charge is 0.452 e. The lowest BCUT2D eigenvalue weighted by molar-refractivity contribution is -0.142. The van der Waals surface area contributed by atoms with Crippen LogP contribution in [0.25, 0.3) is 6.08 Å². The molecular formula is C25H23NO3S. The van der Waals surface area contributed by atoms with Crippen LogP contribution in [0.3, 0.4) is 0 Å². The maximum Gasteiger partial charge on any atom is 0.331 e. The summed E-state index contributed by atoms with van der Waals surface area (Å²) in [5, 5.41) is 2.73. The van der Waals surface area contributed by atoms with E-state index < -0.39 is 5.97 Å². The Morgan fingerprint density at radius 3 is 2.43 bits per heavy atom. The van der Waals surface area contributed by atoms with Gasteiger partial charge in [0.15, 0.2) is 6.61 Å². The number of nitrogens with one attached hydrogen (secondary N) is 1. The molecule has 0 atom stereocenters. The zero-order valence-electron chi connectivity index (χ0n) is 16.9. The molecule has 4 nitrogen and oxygen atoms in total. The van der Waals surface area contributed by atoms with Crippen LogP contribution in [0.15, 0.2) is 88.7 Å². The summed E-state index contributed by atoms with van der Waals surface area (Å²) in [6.45, 7) is 3.83. The molecule has 1 N–H and O–H groups in total. The minimum Gasteiger partial charge on any atom is -0.452 e. The second-order valence-corrected chi connectivity index (χ2v) is 7.91. The van der Waals surface area contributed by atoms with Crippen molar-refractivity contribution in [2.24, 2.45) is 0 Å². The van der Waals surface area contributed by atoms with Crippen molar-refractivity contribution in [3.63, 3.8) is 0 Å². The van der Waals surface area contributed by atoms with E-state index in [9.17, 15) is 9.59 Å². The van der Waals surface area contributed by atoms with Crippen molar-refractivity contribution in [2.75, 3.05) is 11.9 Å². The second kappa shape index (κ2) is 10.5. The standard InChI is InChI=1S/C25H23NO3S/c1-18-8-9-19(2)23(16-18)30-22-13-11-21(12-14-22)26-24(27)17-29-25(28)15-10-20-6-4-3-5-7-20/h3-16H,17H2,1-2H3,(H,26,27)/b15-10+. The van der Waals surface area contributed by atoms with Crippen LogP contribution in [-0.2, 0) is 14.3 Å². The first-order valence-electron chi connectivity index (χ1n) is 9.54. The number of aryl methyl sites for hydroxylation is 2. The molecule has 3 aromatic carbocycles. The predicted molar refractivity (Wildman–Crippen MR) is 122 cm³/mol. The topological polar surface area (TPSA) is 55.4 Å². The van der Waals surface area contributed by atoms with Crippen molar-refractivity contribution in [3.05, 3.63) is 95.6 Å². The Bertz CT molecular complexity index is 1040. The van der Waals surface area contributed by atoms with E-state index in [1.54, 1.807) is 17.8 Å². The number of carbonyl (C=O) groups excluding carboxylic acids is 2. The number of ether oxygens (including phenoxy) is 1. The van der Waals surface area contributed by atoms with Crippen LogP contribution >= 0.6 is 11.8 Å². The van der Waals surface area contributed by atoms with E-state index in [4.69, 9.17) is 4.74 Å². The first kappa shape index (κ1) is 21.4. The molecule has 30 heavy (non-hydrogen) atoms. The third kappa shape index (κ3) is 6.64. The zero-order chi connectivity index (χ0) is 21.3. The number of hydrogen-bond donors (Lipinski definition) is 1. The van der Waals surface area contributed by atoms with Crippen molar-refractivity contribution < 1.29 is 14.3 Å². The Labute approximate surface area is 181 Å². The van der Waals surface area contributed by atoms with Gasteiger partial charge in [0, 0.05) is 21.6 Å². The lowest BCUT2D eigenvalue weighted by atomic mass is 10.2. The van der Waals surface area contributed by atoms with Crippen LogP contribution in [0.1, 0.15) is 16.7 Å². The minimum absolute atomic E-state index is 0.336. The zero-order valence-corrected chi connectivity index (χ0v) is 17.7. The van der Waals surface area contributed by atoms with E-state index in [1.165, 1.54) is 22.1 Å². The van der Waals surface area contributed by atoms with Gasteiger partial charge in [-0.05, 0) is 66.9 Å². The Kier molecular flexibility index (Phi) is 7.46. The fourth-order valence-corrected chi connectivity index (χ4v) is 3.66. The first-order valence-corrected chi connectivity index (χ1v) is 10.4. The Morgan fingerprint density at radius 1 is 0.967 bits per heavy atom. The lowest BCUT2D eigenvalue weighted by Gasteiger charge is -2.09. The fraction of sp³-hybridized carbons (Fsp3) is 0.120. The molecule has 5 heteroatoms. The quantitative estimate of drug-likeness (QED) is 0.399. The average molecular weight is 418 g/mol. The summed E-state index contributed by atoms with van der Waals surface area (Å²) in [4.78, 5) is 26.1. The molecular weight excluding hydrogens is 394 g/mol. The molecule has 0 aromatic heterocycles. The molecule has 3 aromatic rings. The SMILES string of the molecule is Cc1ccc(C)c(Sc2ccc(NC(=O)COC(=O)/C=C/c3ccccc3)cc2)c1. The molecule has 0 aliphatic carbocycles. The minimum atomic E-state index is -0.561. The summed E-state index contributed by atoms with van der Waals surface area (Å²) in [6, 6.07) is 23.4. The van der Waals surface area contributed by atoms with E-state index in [0.717, 1.165) is 10.5 Å². The van der Waals surface area contributed by atoms with Gasteiger partial charge in [-0.15, -0.1) is 0 Å². The fourth-order valence-electron chi connectivity index (χ4n) is 2.66. The second-order valence-electron chi connectivity index (χ2n) is 6.80. The molecule has 0 fully saturated rings. The van der Waals surface area contributed by atoms with Crippen molar-refractivity contribution in [2.45, 2.75) is 23.6 Å². The molecule has 0 unspecified atom stereocenters. The molecule has 152 valence electrons. The third-order valence-corrected chi connectivity index (χ3v) is 5.43. The molecule has 0 saturated carbocycles. The highest BCUT2D eigenvalue weighted by molar-refractivity contribution is 7.99. The molecule has 0 aliphatic rings.